The number of hydrogen-bond donors (Lipinski definition) is 0. The van der Waals surface area contributed by atoms with Crippen molar-refractivity contribution < 1.29 is 19.1 Å². The Morgan fingerprint density at radius 2 is 1.76 bits per heavy atom. The predicted molar refractivity (Wildman–Crippen MR) is 111 cm³/mol. The molecule has 0 saturated carbocycles. The van der Waals surface area contributed by atoms with Crippen molar-refractivity contribution >= 4 is 11.8 Å². The van der Waals surface area contributed by atoms with E-state index in [-0.39, 0.29) is 18.4 Å². The first-order valence-corrected chi connectivity index (χ1v) is 9.74. The molecule has 6 heteroatoms. The molecule has 0 unspecified atom stereocenters. The molecule has 1 aliphatic heterocycles. The number of aryl methyl sites for hydroxylation is 1. The van der Waals surface area contributed by atoms with Gasteiger partial charge in [-0.2, -0.15) is 0 Å². The molecule has 1 heterocycles. The second kappa shape index (κ2) is 8.99. The Morgan fingerprint density at radius 1 is 1.07 bits per heavy atom. The van der Waals surface area contributed by atoms with E-state index in [2.05, 4.69) is 0 Å². The minimum atomic E-state index is -0.108. The summed E-state index contributed by atoms with van der Waals surface area (Å²) in [5, 5.41) is 0. The fourth-order valence-corrected chi connectivity index (χ4v) is 3.67. The minimum Gasteiger partial charge on any atom is -0.493 e. The fourth-order valence-electron chi connectivity index (χ4n) is 3.67. The number of hydrogen-bond acceptors (Lipinski definition) is 4. The average molecular weight is 396 g/mol. The highest BCUT2D eigenvalue weighted by Gasteiger charge is 2.25. The van der Waals surface area contributed by atoms with Gasteiger partial charge in [-0.05, 0) is 42.2 Å². The first-order chi connectivity index (χ1) is 13.9. The van der Waals surface area contributed by atoms with Crippen LogP contribution in [0.25, 0.3) is 0 Å². The summed E-state index contributed by atoms with van der Waals surface area (Å²) in [5.41, 5.74) is 4.37. The maximum Gasteiger partial charge on any atom is 0.242 e. The first-order valence-electron chi connectivity index (χ1n) is 9.74. The number of methoxy groups -OCH3 is 2. The molecule has 0 spiro atoms. The van der Waals surface area contributed by atoms with Gasteiger partial charge in [0, 0.05) is 26.6 Å². The standard InChI is InChI=1S/C23H28N2O4/c1-16-6-5-7-18(10-16)13-25(17(2)26)15-23(27)24-9-8-19-11-21(28-3)22(29-4)12-20(19)14-24/h5-7,10-12H,8-9,13-15H2,1-4H3. The second-order valence-corrected chi connectivity index (χ2v) is 7.41. The quantitative estimate of drug-likeness (QED) is 0.753. The Morgan fingerprint density at radius 3 is 2.38 bits per heavy atom. The third kappa shape index (κ3) is 4.88. The normalized spacial score (nSPS) is 12.9. The van der Waals surface area contributed by atoms with Gasteiger partial charge in [0.15, 0.2) is 11.5 Å². The summed E-state index contributed by atoms with van der Waals surface area (Å²) in [6.45, 7) is 5.15. The SMILES string of the molecule is COc1cc2c(cc1OC)CN(C(=O)CN(Cc1cccc(C)c1)C(C)=O)CC2. The average Bonchev–Trinajstić information content (AvgIpc) is 2.71. The Labute approximate surface area is 172 Å². The number of nitrogens with zero attached hydrogens (tertiary/aromatic N) is 2. The molecule has 154 valence electrons. The molecule has 2 aromatic carbocycles. The van der Waals surface area contributed by atoms with Crippen LogP contribution < -0.4 is 9.47 Å². The van der Waals surface area contributed by atoms with Crippen LogP contribution in [0.15, 0.2) is 36.4 Å². The summed E-state index contributed by atoms with van der Waals surface area (Å²) in [4.78, 5) is 28.5. The molecule has 0 aliphatic carbocycles. The summed E-state index contributed by atoms with van der Waals surface area (Å²) in [7, 11) is 3.22. The molecule has 1 aliphatic rings. The van der Waals surface area contributed by atoms with E-state index >= 15 is 0 Å². The molecule has 2 aromatic rings. The van der Waals surface area contributed by atoms with E-state index in [1.165, 1.54) is 6.92 Å². The van der Waals surface area contributed by atoms with E-state index in [0.29, 0.717) is 31.1 Å². The number of carbonyl (C=O) groups excluding carboxylic acids is 2. The largest absolute Gasteiger partial charge is 0.493 e. The van der Waals surface area contributed by atoms with Gasteiger partial charge in [0.2, 0.25) is 11.8 Å². The highest BCUT2D eigenvalue weighted by atomic mass is 16.5. The lowest BCUT2D eigenvalue weighted by atomic mass is 9.98. The van der Waals surface area contributed by atoms with Gasteiger partial charge in [-0.15, -0.1) is 0 Å². The third-order valence-corrected chi connectivity index (χ3v) is 5.30. The van der Waals surface area contributed by atoms with Crippen molar-refractivity contribution in [2.24, 2.45) is 0 Å². The smallest absolute Gasteiger partial charge is 0.242 e. The van der Waals surface area contributed by atoms with Crippen molar-refractivity contribution in [1.29, 1.82) is 0 Å². The van der Waals surface area contributed by atoms with Gasteiger partial charge in [0.1, 0.15) is 6.54 Å². The van der Waals surface area contributed by atoms with Crippen LogP contribution in [-0.4, -0.2) is 48.9 Å². The van der Waals surface area contributed by atoms with Crippen LogP contribution >= 0.6 is 0 Å². The zero-order valence-electron chi connectivity index (χ0n) is 17.5. The number of fused-ring (bicyclic) bond motifs is 1. The zero-order chi connectivity index (χ0) is 21.0. The molecule has 6 nitrogen and oxygen atoms in total. The molecular weight excluding hydrogens is 368 g/mol. The summed E-state index contributed by atoms with van der Waals surface area (Å²) in [5.74, 6) is 1.20. The van der Waals surface area contributed by atoms with Crippen LogP contribution in [-0.2, 0) is 29.1 Å². The van der Waals surface area contributed by atoms with Crippen molar-refractivity contribution in [3.05, 3.63) is 58.7 Å². The molecule has 2 amide bonds. The molecule has 29 heavy (non-hydrogen) atoms. The van der Waals surface area contributed by atoms with Gasteiger partial charge in [0.25, 0.3) is 0 Å². The lowest BCUT2D eigenvalue weighted by molar-refractivity contribution is -0.140. The monoisotopic (exact) mass is 396 g/mol. The highest BCUT2D eigenvalue weighted by Crippen LogP contribution is 2.33. The number of benzene rings is 2. The van der Waals surface area contributed by atoms with Crippen molar-refractivity contribution in [1.82, 2.24) is 9.80 Å². The molecule has 0 atom stereocenters. The van der Waals surface area contributed by atoms with Crippen molar-refractivity contribution in [2.75, 3.05) is 27.3 Å². The van der Waals surface area contributed by atoms with Crippen LogP contribution in [0, 0.1) is 6.92 Å². The second-order valence-electron chi connectivity index (χ2n) is 7.41. The van der Waals surface area contributed by atoms with Crippen molar-refractivity contribution in [3.63, 3.8) is 0 Å². The van der Waals surface area contributed by atoms with E-state index in [1.54, 1.807) is 24.0 Å². The van der Waals surface area contributed by atoms with Crippen LogP contribution in [0.3, 0.4) is 0 Å². The lowest BCUT2D eigenvalue weighted by Gasteiger charge is -2.31. The van der Waals surface area contributed by atoms with E-state index in [4.69, 9.17) is 9.47 Å². The highest BCUT2D eigenvalue weighted by molar-refractivity contribution is 5.84. The van der Waals surface area contributed by atoms with E-state index < -0.39 is 0 Å². The third-order valence-electron chi connectivity index (χ3n) is 5.30. The Bertz CT molecular complexity index is 910. The molecule has 0 N–H and O–H groups in total. The van der Waals surface area contributed by atoms with Crippen molar-refractivity contribution in [3.8, 4) is 11.5 Å². The van der Waals surface area contributed by atoms with Gasteiger partial charge in [-0.1, -0.05) is 29.8 Å². The maximum atomic E-state index is 12.9. The van der Waals surface area contributed by atoms with Gasteiger partial charge >= 0.3 is 0 Å². The topological polar surface area (TPSA) is 59.1 Å². The Balaban J connectivity index is 1.70. The molecule has 3 rings (SSSR count). The van der Waals surface area contributed by atoms with Crippen LogP contribution in [0.5, 0.6) is 11.5 Å². The Hall–Kier alpha value is -3.02. The number of rotatable bonds is 6. The maximum absolute atomic E-state index is 12.9. The zero-order valence-corrected chi connectivity index (χ0v) is 17.5. The van der Waals surface area contributed by atoms with Crippen LogP contribution in [0.1, 0.15) is 29.2 Å². The summed E-state index contributed by atoms with van der Waals surface area (Å²) >= 11 is 0. The molecule has 0 radical (unpaired) electrons. The molecule has 0 bridgehead atoms. The number of carbonyl (C=O) groups is 2. The van der Waals surface area contributed by atoms with Crippen LogP contribution in [0.4, 0.5) is 0 Å². The van der Waals surface area contributed by atoms with Gasteiger partial charge in [-0.3, -0.25) is 9.59 Å². The van der Waals surface area contributed by atoms with Crippen LogP contribution in [0.2, 0.25) is 0 Å². The van der Waals surface area contributed by atoms with E-state index in [1.807, 2.05) is 43.3 Å². The van der Waals surface area contributed by atoms with Gasteiger partial charge in [0.05, 0.1) is 14.2 Å². The van der Waals surface area contributed by atoms with E-state index in [9.17, 15) is 9.59 Å². The fraction of sp³-hybridized carbons (Fsp3) is 0.391. The first kappa shape index (κ1) is 20.7. The summed E-state index contributed by atoms with van der Waals surface area (Å²) < 4.78 is 10.8. The number of amides is 2. The molecule has 0 fully saturated rings. The summed E-state index contributed by atoms with van der Waals surface area (Å²) in [6, 6.07) is 11.9. The van der Waals surface area contributed by atoms with E-state index in [0.717, 1.165) is 28.7 Å². The molecule has 0 aromatic heterocycles. The summed E-state index contributed by atoms with van der Waals surface area (Å²) in [6.07, 6.45) is 0.749. The lowest BCUT2D eigenvalue weighted by Crippen LogP contribution is -2.43. The Kier molecular flexibility index (Phi) is 6.42. The molecular formula is C23H28N2O4. The van der Waals surface area contributed by atoms with Gasteiger partial charge in [-0.25, -0.2) is 0 Å². The number of ether oxygens (including phenoxy) is 2. The predicted octanol–water partition coefficient (Wildman–Crippen LogP) is 2.95. The minimum absolute atomic E-state index is 0.0479. The molecule has 0 saturated heterocycles. The van der Waals surface area contributed by atoms with Crippen molar-refractivity contribution in [2.45, 2.75) is 33.4 Å². The van der Waals surface area contributed by atoms with Gasteiger partial charge < -0.3 is 19.3 Å².